The Morgan fingerprint density at radius 3 is 2.33 bits per heavy atom. The molecular weight excluding hydrogens is 591 g/mol. The second kappa shape index (κ2) is 9.20. The van der Waals surface area contributed by atoms with E-state index in [-0.39, 0.29) is 30.0 Å². The van der Waals surface area contributed by atoms with Crippen LogP contribution in [-0.2, 0) is 19.2 Å². The molecule has 6 unspecified atom stereocenters. The molecule has 0 spiro atoms. The number of carbonyl (C=O) groups is 5. The first-order valence-electron chi connectivity index (χ1n) is 13.0. The number of carbonyl (C=O) groups excluding carboxylic acids is 4. The number of benzene rings is 2. The molecule has 2 aromatic rings. The quantitative estimate of drug-likeness (QED) is 0.267. The number of amides is 4. The Bertz CT molecular complexity index is 1660. The van der Waals surface area contributed by atoms with Crippen LogP contribution in [0.1, 0.15) is 34.7 Å². The van der Waals surface area contributed by atoms with Gasteiger partial charge in [-0.05, 0) is 48.6 Å². The third-order valence-electron chi connectivity index (χ3n) is 9.02. The van der Waals surface area contributed by atoms with E-state index in [1.54, 1.807) is 6.08 Å². The number of rotatable bonds is 4. The van der Waals surface area contributed by atoms with Crippen LogP contribution < -0.4 is 9.64 Å². The van der Waals surface area contributed by atoms with E-state index >= 15 is 0 Å². The number of carboxylic acids is 1. The van der Waals surface area contributed by atoms with Crippen LogP contribution in [0.2, 0.25) is 0 Å². The number of likely N-dealkylation sites (tertiary alicyclic amines) is 1. The van der Waals surface area contributed by atoms with Gasteiger partial charge in [0.2, 0.25) is 11.8 Å². The van der Waals surface area contributed by atoms with Crippen LogP contribution in [0.3, 0.4) is 0 Å². The highest BCUT2D eigenvalue weighted by Gasteiger charge is 2.75. The molecule has 6 rings (SSSR count). The molecule has 0 bridgehead atoms. The van der Waals surface area contributed by atoms with Gasteiger partial charge in [-0.25, -0.2) is 9.69 Å². The maximum atomic E-state index is 14.0. The van der Waals surface area contributed by atoms with E-state index in [0.717, 1.165) is 21.9 Å². The summed E-state index contributed by atoms with van der Waals surface area (Å²) in [6.45, 7) is 0. The smallest absolute Gasteiger partial charge is 0.339 e. The Hall–Kier alpha value is -4.09. The monoisotopic (exact) mass is 614 g/mol. The van der Waals surface area contributed by atoms with Crippen LogP contribution in [0.4, 0.5) is 5.69 Å². The largest absolute Gasteiger partial charge is 0.507 e. The van der Waals surface area contributed by atoms with Crippen molar-refractivity contribution in [3.05, 3.63) is 59.2 Å². The fourth-order valence-corrected chi connectivity index (χ4v) is 8.11. The zero-order chi connectivity index (χ0) is 30.5. The van der Waals surface area contributed by atoms with Gasteiger partial charge in [0.25, 0.3) is 11.8 Å². The minimum absolute atomic E-state index is 0.00166. The summed E-state index contributed by atoms with van der Waals surface area (Å²) in [6.07, 6.45) is 1.66. The maximum absolute atomic E-state index is 14.0. The van der Waals surface area contributed by atoms with Crippen molar-refractivity contribution < 1.29 is 44.0 Å². The minimum atomic E-state index is -1.98. The molecule has 0 aromatic heterocycles. The summed E-state index contributed by atoms with van der Waals surface area (Å²) < 4.78 is 5.28. The summed E-state index contributed by atoms with van der Waals surface area (Å²) in [7, 11) is 2.64. The molecule has 4 aliphatic rings. The molecule has 2 saturated heterocycles. The second-order valence-electron chi connectivity index (χ2n) is 10.9. The van der Waals surface area contributed by atoms with E-state index in [2.05, 4.69) is 0 Å². The molecule has 2 aliphatic heterocycles. The number of fused-ring (bicyclic) bond motifs is 4. The molecular formula is C29H24Cl2N2O9. The first-order chi connectivity index (χ1) is 19.8. The number of aromatic carboxylic acids is 1. The van der Waals surface area contributed by atoms with Gasteiger partial charge in [0.15, 0.2) is 21.2 Å². The lowest BCUT2D eigenvalue weighted by atomic mass is 9.56. The van der Waals surface area contributed by atoms with E-state index in [0.29, 0.717) is 11.1 Å². The van der Waals surface area contributed by atoms with Crippen LogP contribution in [-0.4, -0.2) is 73.7 Å². The lowest BCUT2D eigenvalue weighted by Gasteiger charge is -2.50. The van der Waals surface area contributed by atoms with Gasteiger partial charge in [-0.2, -0.15) is 0 Å². The molecule has 2 aliphatic carbocycles. The third-order valence-corrected chi connectivity index (χ3v) is 10.4. The SMILES string of the molecule is COc1cc(C2C3=CCC4C(=O)N(c5ccc(C(=O)O)c(O)c5)C(=O)C4C3CC3(Cl)C(=O)N(C)C(=O)C23Cl)ccc1O. The van der Waals surface area contributed by atoms with Gasteiger partial charge in [0, 0.05) is 19.0 Å². The van der Waals surface area contributed by atoms with Crippen molar-refractivity contribution in [2.24, 2.45) is 17.8 Å². The van der Waals surface area contributed by atoms with Gasteiger partial charge >= 0.3 is 5.97 Å². The van der Waals surface area contributed by atoms with Crippen molar-refractivity contribution in [1.82, 2.24) is 4.90 Å². The van der Waals surface area contributed by atoms with Crippen molar-refractivity contribution >= 4 is 58.5 Å². The second-order valence-corrected chi connectivity index (χ2v) is 12.2. The topological polar surface area (TPSA) is 162 Å². The molecule has 42 heavy (non-hydrogen) atoms. The number of carboxylic acid groups (broad SMARTS) is 1. The summed E-state index contributed by atoms with van der Waals surface area (Å²) in [4.78, 5) is 63.9. The number of aromatic hydroxyl groups is 2. The van der Waals surface area contributed by atoms with Gasteiger partial charge < -0.3 is 20.1 Å². The number of alkyl halides is 2. The van der Waals surface area contributed by atoms with E-state index in [1.165, 1.54) is 38.4 Å². The number of imide groups is 2. The Kier molecular flexibility index (Phi) is 6.15. The molecule has 11 nitrogen and oxygen atoms in total. The number of phenolic OH excluding ortho intramolecular Hbond substituents is 1. The molecule has 0 radical (unpaired) electrons. The van der Waals surface area contributed by atoms with E-state index in [9.17, 15) is 39.3 Å². The van der Waals surface area contributed by atoms with Gasteiger partial charge in [0.1, 0.15) is 11.3 Å². The number of anilines is 1. The fraction of sp³-hybridized carbons (Fsp3) is 0.345. The average Bonchev–Trinajstić information content (AvgIpc) is 3.28. The molecule has 2 aromatic carbocycles. The van der Waals surface area contributed by atoms with Gasteiger partial charge in [-0.15, -0.1) is 23.2 Å². The van der Waals surface area contributed by atoms with Gasteiger partial charge in [0.05, 0.1) is 24.6 Å². The number of hydrogen-bond acceptors (Lipinski definition) is 8. The highest BCUT2D eigenvalue weighted by Crippen LogP contribution is 2.65. The standard InChI is InChI=1S/C29H24Cl2N2O9/c1-32-26(40)28(30)11-17-14(22(29(28,31)27(32)41)12-3-8-18(34)20(9-12)42-2)6-7-16-21(17)24(37)33(23(16)36)13-4-5-15(25(38)39)19(35)10-13/h3-6,8-10,16-17,21-22,34-35H,7,11H2,1-2H3,(H,38,39). The Morgan fingerprint density at radius 1 is 0.976 bits per heavy atom. The fourth-order valence-electron chi connectivity index (χ4n) is 7.09. The Balaban J connectivity index is 1.49. The Labute approximate surface area is 248 Å². The Morgan fingerprint density at radius 2 is 1.69 bits per heavy atom. The normalized spacial score (nSPS) is 32.0. The van der Waals surface area contributed by atoms with Crippen molar-refractivity contribution in [3.63, 3.8) is 0 Å². The van der Waals surface area contributed by atoms with Crippen molar-refractivity contribution in [1.29, 1.82) is 0 Å². The van der Waals surface area contributed by atoms with E-state index < -0.39 is 74.3 Å². The third kappa shape index (κ3) is 3.43. The van der Waals surface area contributed by atoms with Crippen LogP contribution in [0.15, 0.2) is 48.0 Å². The summed E-state index contributed by atoms with van der Waals surface area (Å²) in [5.41, 5.74) is 0.574. The summed E-state index contributed by atoms with van der Waals surface area (Å²) >= 11 is 14.2. The maximum Gasteiger partial charge on any atom is 0.339 e. The minimum Gasteiger partial charge on any atom is -0.507 e. The van der Waals surface area contributed by atoms with Crippen LogP contribution in [0.5, 0.6) is 17.2 Å². The highest BCUT2D eigenvalue weighted by molar-refractivity contribution is 6.53. The van der Waals surface area contributed by atoms with Gasteiger partial charge in [-0.3, -0.25) is 24.1 Å². The molecule has 3 fully saturated rings. The highest BCUT2D eigenvalue weighted by atomic mass is 35.5. The van der Waals surface area contributed by atoms with E-state index in [4.69, 9.17) is 27.9 Å². The van der Waals surface area contributed by atoms with Crippen molar-refractivity contribution in [2.75, 3.05) is 19.1 Å². The molecule has 3 N–H and O–H groups in total. The van der Waals surface area contributed by atoms with Crippen molar-refractivity contribution in [2.45, 2.75) is 28.5 Å². The van der Waals surface area contributed by atoms with Gasteiger partial charge in [-0.1, -0.05) is 17.7 Å². The lowest BCUT2D eigenvalue weighted by Crippen LogP contribution is -2.60. The lowest BCUT2D eigenvalue weighted by molar-refractivity contribution is -0.138. The molecule has 13 heteroatoms. The molecule has 4 amide bonds. The predicted molar refractivity (Wildman–Crippen MR) is 148 cm³/mol. The van der Waals surface area contributed by atoms with Crippen molar-refractivity contribution in [3.8, 4) is 17.2 Å². The summed E-state index contributed by atoms with van der Waals surface area (Å²) in [5, 5.41) is 29.7. The molecule has 6 atom stereocenters. The van der Waals surface area contributed by atoms with Crippen LogP contribution >= 0.6 is 23.2 Å². The average molecular weight is 615 g/mol. The number of methoxy groups -OCH3 is 1. The number of ether oxygens (including phenoxy) is 1. The zero-order valence-electron chi connectivity index (χ0n) is 22.2. The summed E-state index contributed by atoms with van der Waals surface area (Å²) in [5.74, 6) is -8.30. The molecule has 1 saturated carbocycles. The predicted octanol–water partition coefficient (Wildman–Crippen LogP) is 3.00. The number of hydrogen-bond donors (Lipinski definition) is 3. The number of halogens is 2. The summed E-state index contributed by atoms with van der Waals surface area (Å²) in [6, 6.07) is 7.80. The van der Waals surface area contributed by atoms with Crippen LogP contribution in [0, 0.1) is 17.8 Å². The van der Waals surface area contributed by atoms with E-state index in [1.807, 2.05) is 0 Å². The first kappa shape index (κ1) is 28.0. The first-order valence-corrected chi connectivity index (χ1v) is 13.7. The van der Waals surface area contributed by atoms with Crippen LogP contribution in [0.25, 0.3) is 0 Å². The molecule has 218 valence electrons. The number of nitrogens with zero attached hydrogens (tertiary/aromatic N) is 2. The number of allylic oxidation sites excluding steroid dienone is 2. The zero-order valence-corrected chi connectivity index (χ0v) is 23.7. The molecule has 2 heterocycles. The number of phenols is 2.